The number of benzene rings is 1. The van der Waals surface area contributed by atoms with Crippen LogP contribution in [0, 0.1) is 0 Å². The quantitative estimate of drug-likeness (QED) is 0.894. The first-order valence-corrected chi connectivity index (χ1v) is 7.21. The summed E-state index contributed by atoms with van der Waals surface area (Å²) in [6.45, 7) is 2.53. The summed E-state index contributed by atoms with van der Waals surface area (Å²) in [5, 5.41) is 7.45. The lowest BCUT2D eigenvalue weighted by Crippen LogP contribution is -2.23. The Balaban J connectivity index is 2.46. The van der Waals surface area contributed by atoms with E-state index in [0.29, 0.717) is 17.8 Å². The summed E-state index contributed by atoms with van der Waals surface area (Å²) < 4.78 is 40.7. The highest BCUT2D eigenvalue weighted by Gasteiger charge is 2.33. The van der Waals surface area contributed by atoms with Crippen LogP contribution in [-0.4, -0.2) is 16.3 Å². The average Bonchev–Trinajstić information content (AvgIpc) is 2.82. The molecular weight excluding hydrogens is 347 g/mol. The predicted octanol–water partition coefficient (Wildman–Crippen LogP) is 3.90. The van der Waals surface area contributed by atoms with E-state index in [9.17, 15) is 13.2 Å². The first-order valence-electron chi connectivity index (χ1n) is 6.42. The monoisotopic (exact) mass is 361 g/mol. The summed E-state index contributed by atoms with van der Waals surface area (Å²) in [4.78, 5) is 0. The number of halogens is 4. The average molecular weight is 362 g/mol. The first-order chi connectivity index (χ1) is 9.82. The summed E-state index contributed by atoms with van der Waals surface area (Å²) in [7, 11) is 1.77. The molecule has 7 heteroatoms. The first kappa shape index (κ1) is 16.0. The second-order valence-corrected chi connectivity index (χ2v) is 5.50. The Labute approximate surface area is 129 Å². The molecule has 0 radical (unpaired) electrons. The zero-order valence-electron chi connectivity index (χ0n) is 11.6. The fourth-order valence-electron chi connectivity index (χ4n) is 2.12. The number of rotatable bonds is 4. The van der Waals surface area contributed by atoms with Gasteiger partial charge in [-0.1, -0.05) is 28.9 Å². The molecule has 0 spiro atoms. The maximum atomic E-state index is 13.0. The Morgan fingerprint density at radius 1 is 1.33 bits per heavy atom. The van der Waals surface area contributed by atoms with Crippen molar-refractivity contribution in [1.82, 2.24) is 15.1 Å². The minimum atomic E-state index is -4.39. The zero-order chi connectivity index (χ0) is 15.6. The van der Waals surface area contributed by atoms with Gasteiger partial charge in [-0.05, 0) is 30.3 Å². The molecule has 0 amide bonds. The minimum Gasteiger partial charge on any atom is -0.305 e. The minimum absolute atomic E-state index is 0.0371. The van der Waals surface area contributed by atoms with Crippen molar-refractivity contribution in [3.8, 4) is 0 Å². The molecule has 0 aliphatic rings. The molecule has 1 unspecified atom stereocenters. The van der Waals surface area contributed by atoms with E-state index >= 15 is 0 Å². The summed E-state index contributed by atoms with van der Waals surface area (Å²) in [6, 6.07) is 5.67. The summed E-state index contributed by atoms with van der Waals surface area (Å²) >= 11 is 2.95. The van der Waals surface area contributed by atoms with Gasteiger partial charge >= 0.3 is 6.18 Å². The molecule has 1 heterocycles. The molecule has 1 aromatic heterocycles. The molecule has 0 saturated heterocycles. The number of alkyl halides is 3. The Morgan fingerprint density at radius 3 is 2.57 bits per heavy atom. The standard InChI is InChI=1S/C14H15BrF3N3/c1-3-19-13(12-6-7-21(2)20-12)9-4-5-11(15)10(8-9)14(16,17)18/h4-8,13,19H,3H2,1-2H3. The number of aryl methyl sites for hydroxylation is 1. The zero-order valence-corrected chi connectivity index (χ0v) is 13.2. The van der Waals surface area contributed by atoms with E-state index in [0.717, 1.165) is 6.07 Å². The van der Waals surface area contributed by atoms with Crippen molar-refractivity contribution in [2.75, 3.05) is 6.54 Å². The van der Waals surface area contributed by atoms with Crippen LogP contribution in [0.3, 0.4) is 0 Å². The van der Waals surface area contributed by atoms with Crippen LogP contribution in [0.15, 0.2) is 34.9 Å². The molecule has 0 fully saturated rings. The molecule has 21 heavy (non-hydrogen) atoms. The van der Waals surface area contributed by atoms with Crippen LogP contribution in [0.5, 0.6) is 0 Å². The van der Waals surface area contributed by atoms with E-state index in [-0.39, 0.29) is 10.5 Å². The van der Waals surface area contributed by atoms with Crippen LogP contribution in [0.25, 0.3) is 0 Å². The third kappa shape index (κ3) is 3.65. The lowest BCUT2D eigenvalue weighted by atomic mass is 10.0. The van der Waals surface area contributed by atoms with E-state index in [2.05, 4.69) is 26.3 Å². The Kier molecular flexibility index (Phi) is 4.73. The van der Waals surface area contributed by atoms with Gasteiger partial charge in [-0.2, -0.15) is 18.3 Å². The number of aromatic nitrogens is 2. The molecule has 2 aromatic rings. The molecule has 114 valence electrons. The molecule has 1 N–H and O–H groups in total. The SMILES string of the molecule is CCNC(c1ccc(Br)c(C(F)(F)F)c1)c1ccn(C)n1. The maximum Gasteiger partial charge on any atom is 0.417 e. The van der Waals surface area contributed by atoms with Gasteiger partial charge in [0.2, 0.25) is 0 Å². The molecule has 1 aromatic carbocycles. The highest BCUT2D eigenvalue weighted by atomic mass is 79.9. The van der Waals surface area contributed by atoms with Gasteiger partial charge in [0.15, 0.2) is 0 Å². The van der Waals surface area contributed by atoms with Gasteiger partial charge in [0.25, 0.3) is 0 Å². The Morgan fingerprint density at radius 2 is 2.05 bits per heavy atom. The second-order valence-electron chi connectivity index (χ2n) is 4.64. The molecule has 0 aliphatic carbocycles. The second kappa shape index (κ2) is 6.19. The van der Waals surface area contributed by atoms with E-state index in [4.69, 9.17) is 0 Å². The smallest absolute Gasteiger partial charge is 0.305 e. The van der Waals surface area contributed by atoms with Crippen molar-refractivity contribution < 1.29 is 13.2 Å². The van der Waals surface area contributed by atoms with Crippen LogP contribution < -0.4 is 5.32 Å². The molecule has 0 bridgehead atoms. The van der Waals surface area contributed by atoms with Gasteiger partial charge in [-0.3, -0.25) is 4.68 Å². The fraction of sp³-hybridized carbons (Fsp3) is 0.357. The Hall–Kier alpha value is -1.34. The van der Waals surface area contributed by atoms with Gasteiger partial charge in [0.1, 0.15) is 0 Å². The number of nitrogens with zero attached hydrogens (tertiary/aromatic N) is 2. The summed E-state index contributed by atoms with van der Waals surface area (Å²) in [6.07, 6.45) is -2.63. The molecule has 3 nitrogen and oxygen atoms in total. The Bertz CT molecular complexity index is 622. The topological polar surface area (TPSA) is 29.9 Å². The molecule has 0 aliphatic heterocycles. The van der Waals surface area contributed by atoms with Crippen LogP contribution in [0.4, 0.5) is 13.2 Å². The highest BCUT2D eigenvalue weighted by molar-refractivity contribution is 9.10. The molecule has 2 rings (SSSR count). The van der Waals surface area contributed by atoms with E-state index in [1.165, 1.54) is 6.07 Å². The van der Waals surface area contributed by atoms with Crippen molar-refractivity contribution in [1.29, 1.82) is 0 Å². The normalized spacial score (nSPS) is 13.4. The summed E-state index contributed by atoms with van der Waals surface area (Å²) in [5.41, 5.74) is 0.541. The van der Waals surface area contributed by atoms with Gasteiger partial charge in [0.05, 0.1) is 17.3 Å². The van der Waals surface area contributed by atoms with Crippen molar-refractivity contribution in [3.05, 3.63) is 51.8 Å². The number of hydrogen-bond acceptors (Lipinski definition) is 2. The third-order valence-electron chi connectivity index (χ3n) is 3.07. The molecular formula is C14H15BrF3N3. The third-order valence-corrected chi connectivity index (χ3v) is 3.76. The number of nitrogens with one attached hydrogen (secondary N) is 1. The van der Waals surface area contributed by atoms with E-state index in [1.54, 1.807) is 30.1 Å². The maximum absolute atomic E-state index is 13.0. The van der Waals surface area contributed by atoms with Crippen LogP contribution >= 0.6 is 15.9 Å². The number of hydrogen-bond donors (Lipinski definition) is 1. The predicted molar refractivity (Wildman–Crippen MR) is 77.9 cm³/mol. The largest absolute Gasteiger partial charge is 0.417 e. The van der Waals surface area contributed by atoms with Gasteiger partial charge in [0, 0.05) is 17.7 Å². The van der Waals surface area contributed by atoms with Crippen molar-refractivity contribution >= 4 is 15.9 Å². The van der Waals surface area contributed by atoms with Crippen LogP contribution in [0.2, 0.25) is 0 Å². The van der Waals surface area contributed by atoms with Gasteiger partial charge in [-0.25, -0.2) is 0 Å². The molecule has 0 saturated carbocycles. The van der Waals surface area contributed by atoms with Crippen molar-refractivity contribution in [3.63, 3.8) is 0 Å². The van der Waals surface area contributed by atoms with Crippen LogP contribution in [-0.2, 0) is 13.2 Å². The lowest BCUT2D eigenvalue weighted by molar-refractivity contribution is -0.138. The van der Waals surface area contributed by atoms with E-state index in [1.807, 2.05) is 6.92 Å². The highest BCUT2D eigenvalue weighted by Crippen LogP contribution is 2.37. The summed E-state index contributed by atoms with van der Waals surface area (Å²) in [5.74, 6) is 0. The van der Waals surface area contributed by atoms with Crippen molar-refractivity contribution in [2.24, 2.45) is 7.05 Å². The van der Waals surface area contributed by atoms with E-state index < -0.39 is 11.7 Å². The van der Waals surface area contributed by atoms with Gasteiger partial charge in [-0.15, -0.1) is 0 Å². The van der Waals surface area contributed by atoms with Gasteiger partial charge < -0.3 is 5.32 Å². The fourth-order valence-corrected chi connectivity index (χ4v) is 2.60. The van der Waals surface area contributed by atoms with Crippen LogP contribution in [0.1, 0.15) is 29.8 Å². The lowest BCUT2D eigenvalue weighted by Gasteiger charge is -2.18. The van der Waals surface area contributed by atoms with Crippen molar-refractivity contribution in [2.45, 2.75) is 19.1 Å². The molecule has 1 atom stereocenters.